The first-order valence-electron chi connectivity index (χ1n) is 6.26. The van der Waals surface area contributed by atoms with E-state index in [4.69, 9.17) is 21.1 Å². The number of methoxy groups -OCH3 is 2. The maximum absolute atomic E-state index is 6.34. The predicted molar refractivity (Wildman–Crippen MR) is 85.7 cm³/mol. The van der Waals surface area contributed by atoms with Crippen molar-refractivity contribution in [1.82, 2.24) is 9.97 Å². The highest BCUT2D eigenvalue weighted by atomic mass is 35.5. The minimum atomic E-state index is 0.375. The first kappa shape index (κ1) is 14.1. The van der Waals surface area contributed by atoms with Crippen LogP contribution < -0.4 is 9.47 Å². The number of benzene rings is 1. The first-order chi connectivity index (χ1) is 10.1. The van der Waals surface area contributed by atoms with Crippen LogP contribution in [-0.2, 0) is 0 Å². The number of thiophene rings is 1. The molecule has 6 heteroatoms. The number of halogens is 1. The van der Waals surface area contributed by atoms with Crippen molar-refractivity contribution in [3.8, 4) is 22.9 Å². The van der Waals surface area contributed by atoms with Crippen molar-refractivity contribution in [2.45, 2.75) is 6.92 Å². The van der Waals surface area contributed by atoms with Gasteiger partial charge in [-0.25, -0.2) is 9.97 Å². The van der Waals surface area contributed by atoms with Gasteiger partial charge in [-0.05, 0) is 17.9 Å². The van der Waals surface area contributed by atoms with Gasteiger partial charge in [0.15, 0.2) is 5.82 Å². The molecule has 0 N–H and O–H groups in total. The lowest BCUT2D eigenvalue weighted by atomic mass is 10.2. The van der Waals surface area contributed by atoms with Crippen LogP contribution in [0.15, 0.2) is 22.9 Å². The highest BCUT2D eigenvalue weighted by Crippen LogP contribution is 2.36. The molecule has 0 aliphatic carbocycles. The topological polar surface area (TPSA) is 44.2 Å². The largest absolute Gasteiger partial charge is 0.497 e. The van der Waals surface area contributed by atoms with Gasteiger partial charge in [0, 0.05) is 23.1 Å². The normalized spacial score (nSPS) is 10.9. The van der Waals surface area contributed by atoms with E-state index in [-0.39, 0.29) is 0 Å². The molecule has 2 heterocycles. The van der Waals surface area contributed by atoms with E-state index in [0.29, 0.717) is 33.4 Å². The molecule has 0 aliphatic rings. The molecule has 2 aromatic heterocycles. The zero-order chi connectivity index (χ0) is 15.0. The van der Waals surface area contributed by atoms with Gasteiger partial charge in [-0.15, -0.1) is 0 Å². The summed E-state index contributed by atoms with van der Waals surface area (Å²) in [4.78, 5) is 9.02. The van der Waals surface area contributed by atoms with Gasteiger partial charge in [0.2, 0.25) is 0 Å². The Kier molecular flexibility index (Phi) is 3.69. The van der Waals surface area contributed by atoms with Gasteiger partial charge in [-0.1, -0.05) is 11.6 Å². The Bertz CT molecular complexity index is 817. The summed E-state index contributed by atoms with van der Waals surface area (Å²) in [5.74, 6) is 1.88. The molecule has 0 spiro atoms. The number of aromatic nitrogens is 2. The maximum Gasteiger partial charge on any atom is 0.162 e. The molecule has 4 nitrogen and oxygen atoms in total. The standard InChI is InChI=1S/C15H13ClN2O2S/c1-8-6-21-7-10(8)15-17-11-4-9(19-2)5-12(20-3)13(11)14(16)18-15/h4-7H,1-3H3. The Hall–Kier alpha value is -1.85. The minimum absolute atomic E-state index is 0.375. The molecule has 0 fully saturated rings. The molecule has 0 aliphatic heterocycles. The predicted octanol–water partition coefficient (Wildman–Crippen LogP) is 4.34. The molecule has 3 rings (SSSR count). The van der Waals surface area contributed by atoms with E-state index in [1.165, 1.54) is 0 Å². The molecule has 3 aromatic rings. The van der Waals surface area contributed by atoms with Crippen LogP contribution in [0.2, 0.25) is 5.15 Å². The highest BCUT2D eigenvalue weighted by Gasteiger charge is 2.15. The van der Waals surface area contributed by atoms with Crippen molar-refractivity contribution in [3.05, 3.63) is 33.6 Å². The van der Waals surface area contributed by atoms with Crippen LogP contribution in [0.5, 0.6) is 11.5 Å². The summed E-state index contributed by atoms with van der Waals surface area (Å²) >= 11 is 7.96. The number of ether oxygens (including phenoxy) is 2. The smallest absolute Gasteiger partial charge is 0.162 e. The number of aryl methyl sites for hydroxylation is 1. The number of hydrogen-bond acceptors (Lipinski definition) is 5. The van der Waals surface area contributed by atoms with Gasteiger partial charge in [0.25, 0.3) is 0 Å². The number of nitrogens with zero attached hydrogens (tertiary/aromatic N) is 2. The summed E-state index contributed by atoms with van der Waals surface area (Å²) in [6, 6.07) is 3.60. The third-order valence-electron chi connectivity index (χ3n) is 3.24. The van der Waals surface area contributed by atoms with Crippen LogP contribution in [0.1, 0.15) is 5.56 Å². The second-order valence-corrected chi connectivity index (χ2v) is 5.63. The van der Waals surface area contributed by atoms with E-state index >= 15 is 0 Å². The van der Waals surface area contributed by atoms with Crippen LogP contribution in [0.4, 0.5) is 0 Å². The Labute approximate surface area is 131 Å². The van der Waals surface area contributed by atoms with Gasteiger partial charge in [0.05, 0.1) is 25.1 Å². The zero-order valence-electron chi connectivity index (χ0n) is 11.8. The lowest BCUT2D eigenvalue weighted by molar-refractivity contribution is 0.398. The van der Waals surface area contributed by atoms with E-state index in [0.717, 1.165) is 11.1 Å². The van der Waals surface area contributed by atoms with Crippen LogP contribution in [0, 0.1) is 6.92 Å². The molecule has 0 bridgehead atoms. The van der Waals surface area contributed by atoms with Gasteiger partial charge in [0.1, 0.15) is 16.7 Å². The van der Waals surface area contributed by atoms with E-state index < -0.39 is 0 Å². The minimum Gasteiger partial charge on any atom is -0.497 e. The van der Waals surface area contributed by atoms with Crippen molar-refractivity contribution in [2.75, 3.05) is 14.2 Å². The molecule has 21 heavy (non-hydrogen) atoms. The van der Waals surface area contributed by atoms with Crippen LogP contribution >= 0.6 is 22.9 Å². The van der Waals surface area contributed by atoms with Crippen molar-refractivity contribution in [2.24, 2.45) is 0 Å². The highest BCUT2D eigenvalue weighted by molar-refractivity contribution is 7.08. The quantitative estimate of drug-likeness (QED) is 0.673. The summed E-state index contributed by atoms with van der Waals surface area (Å²) in [6.45, 7) is 2.03. The summed E-state index contributed by atoms with van der Waals surface area (Å²) in [7, 11) is 3.19. The van der Waals surface area contributed by atoms with Crippen molar-refractivity contribution in [1.29, 1.82) is 0 Å². The Morgan fingerprint density at radius 1 is 1.10 bits per heavy atom. The fraction of sp³-hybridized carbons (Fsp3) is 0.200. The second-order valence-electron chi connectivity index (χ2n) is 4.53. The molecular formula is C15H13ClN2O2S. The van der Waals surface area contributed by atoms with Crippen molar-refractivity contribution < 1.29 is 9.47 Å². The zero-order valence-corrected chi connectivity index (χ0v) is 13.4. The van der Waals surface area contributed by atoms with E-state index in [1.807, 2.05) is 18.4 Å². The number of rotatable bonds is 3. The average molecular weight is 321 g/mol. The summed E-state index contributed by atoms with van der Waals surface area (Å²) in [5, 5.41) is 5.14. The Balaban J connectivity index is 2.30. The molecule has 0 unspecified atom stereocenters. The number of hydrogen-bond donors (Lipinski definition) is 0. The van der Waals surface area contributed by atoms with Crippen LogP contribution in [0.25, 0.3) is 22.3 Å². The monoisotopic (exact) mass is 320 g/mol. The lowest BCUT2D eigenvalue weighted by Gasteiger charge is -2.10. The van der Waals surface area contributed by atoms with E-state index in [1.54, 1.807) is 31.6 Å². The van der Waals surface area contributed by atoms with Crippen molar-refractivity contribution >= 4 is 33.8 Å². The number of fused-ring (bicyclic) bond motifs is 1. The molecule has 0 radical (unpaired) electrons. The maximum atomic E-state index is 6.34. The molecular weight excluding hydrogens is 308 g/mol. The Morgan fingerprint density at radius 2 is 1.90 bits per heavy atom. The van der Waals surface area contributed by atoms with Gasteiger partial charge in [-0.2, -0.15) is 11.3 Å². The van der Waals surface area contributed by atoms with Gasteiger partial charge < -0.3 is 9.47 Å². The third-order valence-corrected chi connectivity index (χ3v) is 4.38. The van der Waals surface area contributed by atoms with Crippen LogP contribution in [-0.4, -0.2) is 24.2 Å². The summed E-state index contributed by atoms with van der Waals surface area (Å²) < 4.78 is 10.6. The van der Waals surface area contributed by atoms with E-state index in [2.05, 4.69) is 15.3 Å². The van der Waals surface area contributed by atoms with Gasteiger partial charge in [-0.3, -0.25) is 0 Å². The van der Waals surface area contributed by atoms with Crippen LogP contribution in [0.3, 0.4) is 0 Å². The Morgan fingerprint density at radius 3 is 2.52 bits per heavy atom. The second kappa shape index (κ2) is 5.50. The summed E-state index contributed by atoms with van der Waals surface area (Å²) in [5.41, 5.74) is 2.82. The first-order valence-corrected chi connectivity index (χ1v) is 7.58. The average Bonchev–Trinajstić information content (AvgIpc) is 2.91. The van der Waals surface area contributed by atoms with Gasteiger partial charge >= 0.3 is 0 Å². The fourth-order valence-electron chi connectivity index (χ4n) is 2.15. The molecule has 0 saturated heterocycles. The van der Waals surface area contributed by atoms with Crippen molar-refractivity contribution in [3.63, 3.8) is 0 Å². The summed E-state index contributed by atoms with van der Waals surface area (Å²) in [6.07, 6.45) is 0. The SMILES string of the molecule is COc1cc(OC)c2c(Cl)nc(-c3cscc3C)nc2c1. The third kappa shape index (κ3) is 2.43. The molecule has 108 valence electrons. The molecule has 0 amide bonds. The lowest BCUT2D eigenvalue weighted by Crippen LogP contribution is -1.96. The molecule has 0 saturated carbocycles. The van der Waals surface area contributed by atoms with E-state index in [9.17, 15) is 0 Å². The molecule has 1 aromatic carbocycles. The molecule has 0 atom stereocenters. The fourth-order valence-corrected chi connectivity index (χ4v) is 3.25.